The Balaban J connectivity index is 1.60. The molecule has 0 aliphatic heterocycles. The Morgan fingerprint density at radius 1 is 1.12 bits per heavy atom. The number of fused-ring (bicyclic) bond motifs is 1. The second kappa shape index (κ2) is 9.65. The highest BCUT2D eigenvalue weighted by molar-refractivity contribution is 7.89. The van der Waals surface area contributed by atoms with Crippen molar-refractivity contribution in [2.75, 3.05) is 14.1 Å². The molecule has 2 aromatic carbocycles. The molecule has 0 bridgehead atoms. The highest BCUT2D eigenvalue weighted by Gasteiger charge is 2.22. The molecule has 0 spiro atoms. The maximum absolute atomic E-state index is 12.9. The van der Waals surface area contributed by atoms with Crippen LogP contribution >= 0.6 is 11.3 Å². The van der Waals surface area contributed by atoms with E-state index in [0.717, 1.165) is 22.5 Å². The third kappa shape index (κ3) is 4.61. The molecule has 178 valence electrons. The number of hydrogen-bond acceptors (Lipinski definition) is 7. The molecular formula is C24H26N4O4S2. The lowest BCUT2D eigenvalue weighted by Crippen LogP contribution is -2.22. The van der Waals surface area contributed by atoms with Gasteiger partial charge < -0.3 is 9.30 Å². The Morgan fingerprint density at radius 3 is 2.53 bits per heavy atom. The topological polar surface area (TPSA) is 94.4 Å². The number of thiazole rings is 1. The summed E-state index contributed by atoms with van der Waals surface area (Å²) in [6.07, 6.45) is 0.846. The van der Waals surface area contributed by atoms with Crippen LogP contribution in [0, 0.1) is 6.92 Å². The van der Waals surface area contributed by atoms with Gasteiger partial charge in [0.1, 0.15) is 22.3 Å². The highest BCUT2D eigenvalue weighted by Crippen LogP contribution is 2.29. The number of nitrogens with zero attached hydrogens (tertiary/aromatic N) is 4. The van der Waals surface area contributed by atoms with Gasteiger partial charge in [0.2, 0.25) is 10.0 Å². The average Bonchev–Trinajstić information content (AvgIpc) is 3.38. The van der Waals surface area contributed by atoms with Crippen molar-refractivity contribution in [1.29, 1.82) is 0 Å². The zero-order chi connectivity index (χ0) is 24.5. The first-order valence-electron chi connectivity index (χ1n) is 10.8. The molecule has 10 heteroatoms. The van der Waals surface area contributed by atoms with Gasteiger partial charge in [0.25, 0.3) is 0 Å². The number of esters is 1. The first kappa shape index (κ1) is 24.1. The summed E-state index contributed by atoms with van der Waals surface area (Å²) in [6.45, 7) is 4.47. The van der Waals surface area contributed by atoms with Crippen molar-refractivity contribution in [2.45, 2.75) is 38.3 Å². The maximum atomic E-state index is 12.9. The van der Waals surface area contributed by atoms with E-state index in [2.05, 4.69) is 9.97 Å². The molecule has 8 nitrogen and oxygen atoms in total. The third-order valence-corrected chi connectivity index (χ3v) is 8.36. The molecule has 2 heterocycles. The first-order chi connectivity index (χ1) is 16.2. The van der Waals surface area contributed by atoms with E-state index in [1.165, 1.54) is 29.7 Å². The average molecular weight is 499 g/mol. The molecular weight excluding hydrogens is 472 g/mol. The summed E-state index contributed by atoms with van der Waals surface area (Å²) in [4.78, 5) is 22.6. The summed E-state index contributed by atoms with van der Waals surface area (Å²) in [7, 11) is -0.597. The lowest BCUT2D eigenvalue weighted by atomic mass is 10.2. The van der Waals surface area contributed by atoms with Crippen LogP contribution in [0.5, 0.6) is 0 Å². The Morgan fingerprint density at radius 2 is 1.85 bits per heavy atom. The number of aromatic nitrogens is 3. The number of imidazole rings is 1. The van der Waals surface area contributed by atoms with Gasteiger partial charge >= 0.3 is 5.97 Å². The summed E-state index contributed by atoms with van der Waals surface area (Å²) in [6, 6.07) is 14.6. The van der Waals surface area contributed by atoms with Crippen LogP contribution in [0.15, 0.2) is 53.4 Å². The second-order valence-electron chi connectivity index (χ2n) is 7.99. The molecule has 0 saturated heterocycles. The monoisotopic (exact) mass is 498 g/mol. The van der Waals surface area contributed by atoms with Gasteiger partial charge in [-0.3, -0.25) is 0 Å². The zero-order valence-corrected chi connectivity index (χ0v) is 21.1. The van der Waals surface area contributed by atoms with Gasteiger partial charge in [0, 0.05) is 26.2 Å². The van der Waals surface area contributed by atoms with E-state index in [1.54, 1.807) is 25.1 Å². The van der Waals surface area contributed by atoms with Crippen molar-refractivity contribution in [2.24, 2.45) is 0 Å². The van der Waals surface area contributed by atoms with Gasteiger partial charge in [-0.25, -0.2) is 27.5 Å². The van der Waals surface area contributed by atoms with E-state index in [0.29, 0.717) is 28.5 Å². The number of carbonyl (C=O) groups is 1. The second-order valence-corrected chi connectivity index (χ2v) is 11.1. The molecule has 0 atom stereocenters. The van der Waals surface area contributed by atoms with Crippen LogP contribution in [0.1, 0.15) is 34.5 Å². The van der Waals surface area contributed by atoms with E-state index < -0.39 is 16.0 Å². The minimum atomic E-state index is -3.58. The predicted octanol–water partition coefficient (Wildman–Crippen LogP) is 4.49. The molecule has 0 amide bonds. The van der Waals surface area contributed by atoms with Gasteiger partial charge in [-0.2, -0.15) is 0 Å². The van der Waals surface area contributed by atoms with Crippen LogP contribution in [0.2, 0.25) is 0 Å². The van der Waals surface area contributed by atoms with E-state index in [-0.39, 0.29) is 11.5 Å². The molecule has 34 heavy (non-hydrogen) atoms. The van der Waals surface area contributed by atoms with Gasteiger partial charge in [-0.1, -0.05) is 37.3 Å². The van der Waals surface area contributed by atoms with E-state index in [1.807, 2.05) is 41.8 Å². The zero-order valence-electron chi connectivity index (χ0n) is 19.5. The summed E-state index contributed by atoms with van der Waals surface area (Å²) in [5, 5.41) is 0.762. The Hall–Kier alpha value is -3.08. The van der Waals surface area contributed by atoms with Gasteiger partial charge in [0.05, 0.1) is 21.6 Å². The fourth-order valence-electron chi connectivity index (χ4n) is 3.60. The quantitative estimate of drug-likeness (QED) is 0.332. The Kier molecular flexibility index (Phi) is 6.83. The Bertz CT molecular complexity index is 1440. The molecule has 4 rings (SSSR count). The number of carbonyl (C=O) groups excluding carboxylic acids is 1. The molecule has 0 saturated carbocycles. The molecule has 0 aliphatic carbocycles. The summed E-state index contributed by atoms with van der Waals surface area (Å²) in [5.74, 6) is 0.109. The summed E-state index contributed by atoms with van der Waals surface area (Å²) < 4.78 is 33.8. The van der Waals surface area contributed by atoms with Crippen molar-refractivity contribution in [3.63, 3.8) is 0 Å². The molecule has 0 fully saturated rings. The minimum Gasteiger partial charge on any atom is -0.453 e. The normalized spacial score (nSPS) is 11.9. The molecule has 0 aliphatic rings. The number of sulfonamides is 1. The Labute approximate surface area is 202 Å². The SMILES string of the molecule is CCCn1c(COC(=O)c2sc(-c3ccccc3)nc2C)nc2cc(S(=O)(=O)N(C)C)ccc21. The van der Waals surface area contributed by atoms with Crippen molar-refractivity contribution in [1.82, 2.24) is 18.8 Å². The van der Waals surface area contributed by atoms with Crippen molar-refractivity contribution < 1.29 is 17.9 Å². The minimum absolute atomic E-state index is 0.0265. The number of ether oxygens (including phenoxy) is 1. The molecule has 0 radical (unpaired) electrons. The molecule has 4 aromatic rings. The van der Waals surface area contributed by atoms with Crippen molar-refractivity contribution in [3.05, 3.63) is 64.9 Å². The van der Waals surface area contributed by atoms with Crippen LogP contribution < -0.4 is 0 Å². The fourth-order valence-corrected chi connectivity index (χ4v) is 5.49. The number of hydrogen-bond donors (Lipinski definition) is 0. The van der Waals surface area contributed by atoms with Crippen molar-refractivity contribution in [3.8, 4) is 10.6 Å². The number of aryl methyl sites for hydroxylation is 2. The summed E-state index contributed by atoms with van der Waals surface area (Å²) >= 11 is 1.30. The maximum Gasteiger partial charge on any atom is 0.350 e. The van der Waals surface area contributed by atoms with E-state index in [9.17, 15) is 13.2 Å². The third-order valence-electron chi connectivity index (χ3n) is 5.36. The number of rotatable bonds is 8. The molecule has 0 unspecified atom stereocenters. The van der Waals surface area contributed by atoms with Crippen LogP contribution in [-0.4, -0.2) is 47.3 Å². The smallest absolute Gasteiger partial charge is 0.350 e. The molecule has 0 N–H and O–H groups in total. The van der Waals surface area contributed by atoms with Gasteiger partial charge in [0.15, 0.2) is 0 Å². The van der Waals surface area contributed by atoms with E-state index in [4.69, 9.17) is 4.74 Å². The molecule has 2 aromatic heterocycles. The summed E-state index contributed by atoms with van der Waals surface area (Å²) in [5.41, 5.74) is 2.91. The van der Waals surface area contributed by atoms with Crippen molar-refractivity contribution >= 4 is 38.4 Å². The van der Waals surface area contributed by atoms with Crippen LogP contribution in [0.3, 0.4) is 0 Å². The van der Waals surface area contributed by atoms with Crippen LogP contribution in [-0.2, 0) is 27.9 Å². The van der Waals surface area contributed by atoms with Crippen LogP contribution in [0.25, 0.3) is 21.6 Å². The van der Waals surface area contributed by atoms with Gasteiger partial charge in [-0.15, -0.1) is 11.3 Å². The fraction of sp³-hybridized carbons (Fsp3) is 0.292. The van der Waals surface area contributed by atoms with Gasteiger partial charge in [-0.05, 0) is 31.5 Å². The predicted molar refractivity (Wildman–Crippen MR) is 132 cm³/mol. The lowest BCUT2D eigenvalue weighted by molar-refractivity contribution is 0.0463. The highest BCUT2D eigenvalue weighted by atomic mass is 32.2. The van der Waals surface area contributed by atoms with E-state index >= 15 is 0 Å². The van der Waals surface area contributed by atoms with Crippen LogP contribution in [0.4, 0.5) is 0 Å². The standard InChI is InChI=1S/C24H26N4O4S2/c1-5-13-28-20-12-11-18(34(30,31)27(3)4)14-19(20)26-21(28)15-32-24(29)22-16(2)25-23(33-22)17-9-7-6-8-10-17/h6-12,14H,5,13,15H2,1-4H3. The number of benzene rings is 2. The lowest BCUT2D eigenvalue weighted by Gasteiger charge is -2.11. The largest absolute Gasteiger partial charge is 0.453 e. The first-order valence-corrected chi connectivity index (χ1v) is 13.1.